The van der Waals surface area contributed by atoms with Crippen LogP contribution in [0.3, 0.4) is 0 Å². The van der Waals surface area contributed by atoms with Crippen molar-refractivity contribution in [2.75, 3.05) is 13.1 Å². The van der Waals surface area contributed by atoms with Crippen molar-refractivity contribution in [2.45, 2.75) is 39.5 Å². The van der Waals surface area contributed by atoms with Crippen LogP contribution in [0.5, 0.6) is 0 Å². The molecule has 0 aliphatic carbocycles. The van der Waals surface area contributed by atoms with E-state index in [1.807, 2.05) is 0 Å². The van der Waals surface area contributed by atoms with E-state index in [9.17, 15) is 0 Å². The van der Waals surface area contributed by atoms with Gasteiger partial charge < -0.3 is 4.57 Å². The zero-order valence-corrected chi connectivity index (χ0v) is 13.9. The molecule has 0 heterocycles. The predicted molar refractivity (Wildman–Crippen MR) is 68.4 cm³/mol. The second-order valence-corrected chi connectivity index (χ2v) is 19.2. The van der Waals surface area contributed by atoms with Gasteiger partial charge in [-0.2, -0.15) is 0 Å². The van der Waals surface area contributed by atoms with Gasteiger partial charge in [-0.05, 0) is 35.7 Å². The molecule has 0 aliphatic heterocycles. The molecule has 0 spiro atoms. The summed E-state index contributed by atoms with van der Waals surface area (Å²) in [6.07, 6.45) is 5.62. The largest absolute Gasteiger partial charge is 0.332 e. The fraction of sp³-hybridized carbons (Fsp3) is 1.00. The first-order valence-corrected chi connectivity index (χ1v) is 15.9. The topological polar surface area (TPSA) is 3.24 Å². The molecule has 12 heavy (non-hydrogen) atoms. The maximum atomic E-state index is 2.84. The first-order valence-electron chi connectivity index (χ1n) is 5.57. The van der Waals surface area contributed by atoms with Crippen LogP contribution in [0.25, 0.3) is 0 Å². The normalized spacial score (nSPS) is 13.2. The highest BCUT2D eigenvalue weighted by atomic mass is 29.5. The molecule has 0 aromatic heterocycles. The molecule has 1 nitrogen and oxygen atoms in total. The molecule has 0 saturated carbocycles. The molecular formula is C8H25NSi3. The van der Waals surface area contributed by atoms with Gasteiger partial charge in [0.05, 0.1) is 9.20 Å². The van der Waals surface area contributed by atoms with E-state index in [4.69, 9.17) is 0 Å². The number of rotatable bonds is 8. The molecule has 0 aromatic carbocycles. The summed E-state index contributed by atoms with van der Waals surface area (Å²) in [4.78, 5) is 0. The van der Waals surface area contributed by atoms with Crippen molar-refractivity contribution in [3.63, 3.8) is 0 Å². The molecule has 0 radical (unpaired) electrons. The lowest BCUT2D eigenvalue weighted by atomic mass is 10.3. The first kappa shape index (κ1) is 12.6. The molecule has 0 fully saturated rings. The van der Waals surface area contributed by atoms with Crippen molar-refractivity contribution in [3.8, 4) is 0 Å². The van der Waals surface area contributed by atoms with Gasteiger partial charge in [-0.3, -0.25) is 0 Å². The minimum atomic E-state index is 0.329. The van der Waals surface area contributed by atoms with Crippen molar-refractivity contribution >= 4 is 27.5 Å². The zero-order chi connectivity index (χ0) is 9.23. The summed E-state index contributed by atoms with van der Waals surface area (Å²) in [5.41, 5.74) is 0. The summed E-state index contributed by atoms with van der Waals surface area (Å²) in [5, 5.41) is 0. The number of hydrogen-bond acceptors (Lipinski definition) is 1. The molecule has 0 bridgehead atoms. The van der Waals surface area contributed by atoms with E-state index in [0.29, 0.717) is 17.8 Å². The maximum absolute atomic E-state index is 2.84. The minimum absolute atomic E-state index is 0.329. The molecule has 0 saturated heterocycles. The number of hydrogen-bond donors (Lipinski definition) is 0. The third-order valence-corrected chi connectivity index (χ3v) is 11.2. The average molecular weight is 220 g/mol. The fourth-order valence-corrected chi connectivity index (χ4v) is 11.9. The van der Waals surface area contributed by atoms with Crippen LogP contribution >= 0.6 is 0 Å². The zero-order valence-electron chi connectivity index (χ0n) is 9.10. The van der Waals surface area contributed by atoms with Crippen LogP contribution in [-0.2, 0) is 0 Å². The van der Waals surface area contributed by atoms with E-state index in [-0.39, 0.29) is 0 Å². The highest BCUT2D eigenvalue weighted by Gasteiger charge is 2.01. The van der Waals surface area contributed by atoms with Gasteiger partial charge in [-0.25, -0.2) is 0 Å². The lowest BCUT2D eigenvalue weighted by Crippen LogP contribution is -2.33. The van der Waals surface area contributed by atoms with Crippen LogP contribution in [-0.4, -0.2) is 45.2 Å². The van der Waals surface area contributed by atoms with Crippen molar-refractivity contribution in [2.24, 2.45) is 0 Å². The van der Waals surface area contributed by atoms with E-state index >= 15 is 0 Å². The Morgan fingerprint density at radius 2 is 1.58 bits per heavy atom. The van der Waals surface area contributed by atoms with Gasteiger partial charge >= 0.3 is 0 Å². The molecule has 0 aliphatic rings. The van der Waals surface area contributed by atoms with E-state index in [0.717, 1.165) is 0 Å². The summed E-state index contributed by atoms with van der Waals surface area (Å²) < 4.78 is 2.84. The van der Waals surface area contributed by atoms with Gasteiger partial charge in [0, 0.05) is 8.55 Å². The molecule has 0 rings (SSSR count). The van der Waals surface area contributed by atoms with E-state index < -0.39 is 0 Å². The Balaban J connectivity index is 3.40. The lowest BCUT2D eigenvalue weighted by Gasteiger charge is -2.20. The van der Waals surface area contributed by atoms with Crippen LogP contribution in [0.2, 0.25) is 0 Å². The lowest BCUT2D eigenvalue weighted by molar-refractivity contribution is 0.426. The van der Waals surface area contributed by atoms with Gasteiger partial charge in [0.1, 0.15) is 0 Å². The average Bonchev–Trinajstić information content (AvgIpc) is 2.10. The molecule has 0 N–H and O–H groups in total. The molecule has 0 amide bonds. The maximum Gasteiger partial charge on any atom is 0.0760 e. The van der Waals surface area contributed by atoms with Gasteiger partial charge in [-0.1, -0.05) is 26.7 Å². The van der Waals surface area contributed by atoms with Crippen LogP contribution < -0.4 is 0 Å². The summed E-state index contributed by atoms with van der Waals surface area (Å²) in [5.74, 6) is 0. The van der Waals surface area contributed by atoms with Crippen LogP contribution in [0, 0.1) is 0 Å². The summed E-state index contributed by atoms with van der Waals surface area (Å²) in [7, 11) is 2.41. The summed E-state index contributed by atoms with van der Waals surface area (Å²) in [6.45, 7) is 7.46. The second-order valence-electron chi connectivity index (χ2n) is 3.55. The van der Waals surface area contributed by atoms with Gasteiger partial charge in [0.15, 0.2) is 0 Å². The molecule has 74 valence electrons. The Bertz CT molecular complexity index is 82.4. The SMILES string of the molecule is CCCCN(CCCC)[SiH2][SiH2][SiH3]. The Morgan fingerprint density at radius 3 is 1.92 bits per heavy atom. The monoisotopic (exact) mass is 219 g/mol. The number of nitrogens with zero attached hydrogens (tertiary/aromatic N) is 1. The quantitative estimate of drug-likeness (QED) is 0.490. The Hall–Kier alpha value is 0.611. The van der Waals surface area contributed by atoms with E-state index in [2.05, 4.69) is 18.4 Å². The van der Waals surface area contributed by atoms with Crippen LogP contribution in [0.4, 0.5) is 0 Å². The second kappa shape index (κ2) is 9.70. The Labute approximate surface area is 85.0 Å². The Kier molecular flexibility index (Phi) is 10.2. The van der Waals surface area contributed by atoms with Crippen molar-refractivity contribution in [1.82, 2.24) is 4.57 Å². The van der Waals surface area contributed by atoms with Gasteiger partial charge in [-0.15, -0.1) is 0 Å². The summed E-state index contributed by atoms with van der Waals surface area (Å²) >= 11 is 0. The van der Waals surface area contributed by atoms with Gasteiger partial charge in [0.25, 0.3) is 0 Å². The van der Waals surface area contributed by atoms with Crippen LogP contribution in [0.1, 0.15) is 39.5 Å². The predicted octanol–water partition coefficient (Wildman–Crippen LogP) is -0.663. The molecule has 0 atom stereocenters. The van der Waals surface area contributed by atoms with Crippen molar-refractivity contribution < 1.29 is 0 Å². The Morgan fingerprint density at radius 1 is 1.08 bits per heavy atom. The molecular weight excluding hydrogens is 194 g/mol. The number of unbranched alkanes of at least 4 members (excludes halogenated alkanes) is 2. The smallest absolute Gasteiger partial charge is 0.0760 e. The van der Waals surface area contributed by atoms with Crippen LogP contribution in [0.15, 0.2) is 0 Å². The fourth-order valence-electron chi connectivity index (χ4n) is 1.42. The standard InChI is InChI=1S/C8H25NSi3/c1-3-5-7-9(11-12-10)8-6-4-2/h3-8,11-12H2,1-2,10H3. The third kappa shape index (κ3) is 7.27. The first-order chi connectivity index (χ1) is 5.85. The minimum Gasteiger partial charge on any atom is -0.332 e. The van der Waals surface area contributed by atoms with E-state index in [1.54, 1.807) is 9.76 Å². The van der Waals surface area contributed by atoms with Crippen molar-refractivity contribution in [1.29, 1.82) is 0 Å². The van der Waals surface area contributed by atoms with Gasteiger partial charge in [0.2, 0.25) is 0 Å². The molecule has 0 aromatic rings. The van der Waals surface area contributed by atoms with Crippen molar-refractivity contribution in [3.05, 3.63) is 0 Å². The third-order valence-electron chi connectivity index (χ3n) is 2.20. The molecule has 0 unspecified atom stereocenters. The van der Waals surface area contributed by atoms with E-state index in [1.165, 1.54) is 38.8 Å². The molecule has 4 heteroatoms. The summed E-state index contributed by atoms with van der Waals surface area (Å²) in [6, 6.07) is 0. The highest BCUT2D eigenvalue weighted by Crippen LogP contribution is 1.96. The highest BCUT2D eigenvalue weighted by molar-refractivity contribution is 7.22.